The lowest BCUT2D eigenvalue weighted by molar-refractivity contribution is 0.465. The summed E-state index contributed by atoms with van der Waals surface area (Å²) in [5.74, 6) is 0.501. The molecule has 22 heavy (non-hydrogen) atoms. The smallest absolute Gasteiger partial charge is 0.277 e. The molecule has 0 unspecified atom stereocenters. The van der Waals surface area contributed by atoms with Crippen molar-refractivity contribution in [3.8, 4) is 11.5 Å². The molecule has 1 heterocycles. The maximum Gasteiger partial charge on any atom is 0.277 e. The summed E-state index contributed by atoms with van der Waals surface area (Å²) in [6, 6.07) is 15.5. The first-order chi connectivity index (χ1) is 10.6. The van der Waals surface area contributed by atoms with Crippen LogP contribution in [0.25, 0.3) is 11.5 Å². The van der Waals surface area contributed by atoms with Crippen LogP contribution >= 0.6 is 39.3 Å². The number of aromatic nitrogens is 2. The number of nitrogens with zero attached hydrogens (tertiary/aromatic N) is 2. The lowest BCUT2D eigenvalue weighted by Gasteiger charge is -2.10. The molecule has 3 rings (SSSR count). The summed E-state index contributed by atoms with van der Waals surface area (Å²) in [6.45, 7) is 2.06. The summed E-state index contributed by atoms with van der Waals surface area (Å²) in [6.07, 6.45) is 0. The van der Waals surface area contributed by atoms with Gasteiger partial charge < -0.3 is 4.42 Å². The second kappa shape index (κ2) is 6.86. The Bertz CT molecular complexity index is 793. The molecule has 0 aliphatic heterocycles. The quantitative estimate of drug-likeness (QED) is 0.507. The lowest BCUT2D eigenvalue weighted by Crippen LogP contribution is -1.89. The van der Waals surface area contributed by atoms with Crippen molar-refractivity contribution >= 4 is 39.3 Å². The second-order valence-corrected chi connectivity index (χ2v) is 7.19. The predicted molar refractivity (Wildman–Crippen MR) is 93.2 cm³/mol. The molecule has 0 aliphatic carbocycles. The molecule has 1 aromatic heterocycles. The van der Waals surface area contributed by atoms with E-state index in [1.54, 1.807) is 0 Å². The topological polar surface area (TPSA) is 38.9 Å². The van der Waals surface area contributed by atoms with Crippen molar-refractivity contribution in [2.45, 2.75) is 17.4 Å². The van der Waals surface area contributed by atoms with Gasteiger partial charge >= 0.3 is 0 Å². The van der Waals surface area contributed by atoms with Crippen LogP contribution < -0.4 is 0 Å². The van der Waals surface area contributed by atoms with Gasteiger partial charge in [-0.25, -0.2) is 0 Å². The fourth-order valence-electron chi connectivity index (χ4n) is 2.02. The molecular formula is C16H12BrClN2OS. The predicted octanol–water partition coefficient (Wildman–Crippen LogP) is 6.01. The zero-order valence-electron chi connectivity index (χ0n) is 11.7. The maximum absolute atomic E-state index is 6.22. The molecule has 0 spiro atoms. The molecule has 2 aromatic carbocycles. The summed E-state index contributed by atoms with van der Waals surface area (Å²) >= 11 is 11.2. The Labute approximate surface area is 146 Å². The van der Waals surface area contributed by atoms with Gasteiger partial charge in [-0.2, -0.15) is 0 Å². The molecule has 0 aliphatic rings. The monoisotopic (exact) mass is 394 g/mol. The van der Waals surface area contributed by atoms with Gasteiger partial charge in [-0.15, -0.1) is 10.2 Å². The lowest BCUT2D eigenvalue weighted by atomic mass is 10.2. The molecule has 0 bridgehead atoms. The Morgan fingerprint density at radius 3 is 2.59 bits per heavy atom. The highest BCUT2D eigenvalue weighted by Gasteiger charge is 2.16. The summed E-state index contributed by atoms with van der Waals surface area (Å²) in [4.78, 5) is 0. The Kier molecular flexibility index (Phi) is 4.86. The molecule has 0 amide bonds. The van der Waals surface area contributed by atoms with Crippen molar-refractivity contribution in [3.05, 3.63) is 63.6 Å². The molecule has 0 radical (unpaired) electrons. The minimum Gasteiger partial charge on any atom is -0.411 e. The standard InChI is InChI=1S/C16H12BrClN2OS/c1-10(11-6-3-5-9-14(11)18)22-16-20-19-15(21-16)12-7-2-4-8-13(12)17/h2-10H,1H3/t10-/m0/s1. The Morgan fingerprint density at radius 2 is 1.82 bits per heavy atom. The highest BCUT2D eigenvalue weighted by molar-refractivity contribution is 9.10. The zero-order chi connectivity index (χ0) is 15.5. The first-order valence-corrected chi connectivity index (χ1v) is 8.69. The van der Waals surface area contributed by atoms with Crippen molar-refractivity contribution in [2.24, 2.45) is 0 Å². The molecule has 0 saturated carbocycles. The Morgan fingerprint density at radius 1 is 1.09 bits per heavy atom. The number of hydrogen-bond acceptors (Lipinski definition) is 4. The molecule has 3 nitrogen and oxygen atoms in total. The van der Waals surface area contributed by atoms with Crippen molar-refractivity contribution in [1.82, 2.24) is 10.2 Å². The van der Waals surface area contributed by atoms with E-state index < -0.39 is 0 Å². The van der Waals surface area contributed by atoms with Crippen LogP contribution in [0.3, 0.4) is 0 Å². The number of rotatable bonds is 4. The summed E-state index contributed by atoms with van der Waals surface area (Å²) in [5, 5.41) is 9.62. The van der Waals surface area contributed by atoms with Crippen LogP contribution in [0.2, 0.25) is 5.02 Å². The summed E-state index contributed by atoms with van der Waals surface area (Å²) in [7, 11) is 0. The van der Waals surface area contributed by atoms with Crippen LogP contribution in [0, 0.1) is 0 Å². The Hall–Kier alpha value is -1.30. The number of hydrogen-bond donors (Lipinski definition) is 0. The fraction of sp³-hybridized carbons (Fsp3) is 0.125. The zero-order valence-corrected chi connectivity index (χ0v) is 14.8. The minimum atomic E-state index is 0.126. The van der Waals surface area contributed by atoms with E-state index in [4.69, 9.17) is 16.0 Å². The van der Waals surface area contributed by atoms with Gasteiger partial charge in [0, 0.05) is 14.7 Å². The first-order valence-electron chi connectivity index (χ1n) is 6.64. The third-order valence-electron chi connectivity index (χ3n) is 3.13. The number of benzene rings is 2. The van der Waals surface area contributed by atoms with Crippen LogP contribution in [0.4, 0.5) is 0 Å². The van der Waals surface area contributed by atoms with Crippen LogP contribution in [0.5, 0.6) is 0 Å². The van der Waals surface area contributed by atoms with E-state index in [2.05, 4.69) is 33.1 Å². The van der Waals surface area contributed by atoms with Gasteiger partial charge in [-0.3, -0.25) is 0 Å². The fourth-order valence-corrected chi connectivity index (χ4v) is 3.69. The molecule has 1 atom stereocenters. The van der Waals surface area contributed by atoms with Crippen molar-refractivity contribution in [3.63, 3.8) is 0 Å². The summed E-state index contributed by atoms with van der Waals surface area (Å²) in [5.41, 5.74) is 1.93. The van der Waals surface area contributed by atoms with Gasteiger partial charge in [-0.1, -0.05) is 53.7 Å². The second-order valence-electron chi connectivity index (χ2n) is 4.63. The normalized spacial score (nSPS) is 12.3. The van der Waals surface area contributed by atoms with Gasteiger partial charge in [0.2, 0.25) is 5.89 Å². The molecule has 6 heteroatoms. The molecular weight excluding hydrogens is 384 g/mol. The van der Waals surface area contributed by atoms with E-state index in [0.717, 1.165) is 20.6 Å². The third-order valence-corrected chi connectivity index (χ3v) is 5.14. The molecule has 112 valence electrons. The van der Waals surface area contributed by atoms with E-state index >= 15 is 0 Å². The van der Waals surface area contributed by atoms with Crippen LogP contribution in [0.1, 0.15) is 17.7 Å². The molecule has 0 N–H and O–H groups in total. The van der Waals surface area contributed by atoms with Crippen molar-refractivity contribution in [1.29, 1.82) is 0 Å². The molecule has 0 fully saturated rings. The van der Waals surface area contributed by atoms with Gasteiger partial charge in [-0.05, 0) is 46.6 Å². The van der Waals surface area contributed by atoms with E-state index in [1.807, 2.05) is 48.5 Å². The van der Waals surface area contributed by atoms with E-state index in [0.29, 0.717) is 11.1 Å². The van der Waals surface area contributed by atoms with Crippen LogP contribution in [0.15, 0.2) is 62.6 Å². The van der Waals surface area contributed by atoms with E-state index in [9.17, 15) is 0 Å². The number of thioether (sulfide) groups is 1. The van der Waals surface area contributed by atoms with Crippen molar-refractivity contribution in [2.75, 3.05) is 0 Å². The highest BCUT2D eigenvalue weighted by Crippen LogP contribution is 2.38. The van der Waals surface area contributed by atoms with Crippen molar-refractivity contribution < 1.29 is 4.42 Å². The van der Waals surface area contributed by atoms with Gasteiger partial charge in [0.1, 0.15) is 0 Å². The average Bonchev–Trinajstić information content (AvgIpc) is 2.96. The van der Waals surface area contributed by atoms with Gasteiger partial charge in [0.05, 0.1) is 5.56 Å². The Balaban J connectivity index is 1.80. The van der Waals surface area contributed by atoms with Crippen LogP contribution in [-0.2, 0) is 0 Å². The largest absolute Gasteiger partial charge is 0.411 e. The molecule has 0 saturated heterocycles. The molecule has 3 aromatic rings. The maximum atomic E-state index is 6.22. The number of halogens is 2. The van der Waals surface area contributed by atoms with E-state index in [-0.39, 0.29) is 5.25 Å². The van der Waals surface area contributed by atoms with Gasteiger partial charge in [0.25, 0.3) is 5.22 Å². The van der Waals surface area contributed by atoms with Crippen LogP contribution in [-0.4, -0.2) is 10.2 Å². The first kappa shape index (κ1) is 15.6. The highest BCUT2D eigenvalue weighted by atomic mass is 79.9. The third kappa shape index (κ3) is 3.37. The minimum absolute atomic E-state index is 0.126. The average molecular weight is 396 g/mol. The van der Waals surface area contributed by atoms with E-state index in [1.165, 1.54) is 11.8 Å². The SMILES string of the molecule is C[C@H](Sc1nnc(-c2ccccc2Br)o1)c1ccccc1Cl. The van der Waals surface area contributed by atoms with Gasteiger partial charge in [0.15, 0.2) is 0 Å². The summed E-state index contributed by atoms with van der Waals surface area (Å²) < 4.78 is 6.68.